The molecule has 0 saturated heterocycles. The number of rotatable bonds is 4. The van der Waals surface area contributed by atoms with Crippen LogP contribution >= 0.6 is 0 Å². The molecule has 160 valence electrons. The van der Waals surface area contributed by atoms with Gasteiger partial charge in [-0.3, -0.25) is 0 Å². The second kappa shape index (κ2) is 7.39. The van der Waals surface area contributed by atoms with Crippen molar-refractivity contribution in [2.45, 2.75) is 0 Å². The Morgan fingerprint density at radius 3 is 1.41 bits per heavy atom. The molecule has 5 heteroatoms. The SMILES string of the molecule is C1=C(c2ccc(-c3nc4ccccc4o3)cc2)N=C1c1ccc(-c2nc3ccccc3o2)cc1. The van der Waals surface area contributed by atoms with Crippen LogP contribution in [-0.2, 0) is 0 Å². The monoisotopic (exact) mass is 439 g/mol. The molecule has 1 aliphatic heterocycles. The lowest BCUT2D eigenvalue weighted by atomic mass is 9.99. The lowest BCUT2D eigenvalue weighted by Crippen LogP contribution is -2.06. The van der Waals surface area contributed by atoms with Gasteiger partial charge in [-0.2, -0.15) is 0 Å². The van der Waals surface area contributed by atoms with Crippen molar-refractivity contribution in [1.82, 2.24) is 9.97 Å². The molecule has 3 heterocycles. The number of aliphatic imine (C=N–C) groups is 1. The number of hydrogen-bond acceptors (Lipinski definition) is 5. The maximum atomic E-state index is 5.86. The molecule has 34 heavy (non-hydrogen) atoms. The lowest BCUT2D eigenvalue weighted by molar-refractivity contribution is 0.619. The first kappa shape index (κ1) is 18.8. The van der Waals surface area contributed by atoms with Crippen LogP contribution in [-0.4, -0.2) is 15.7 Å². The van der Waals surface area contributed by atoms with E-state index in [9.17, 15) is 0 Å². The van der Waals surface area contributed by atoms with Gasteiger partial charge >= 0.3 is 0 Å². The molecule has 6 aromatic rings. The van der Waals surface area contributed by atoms with Crippen molar-refractivity contribution in [3.63, 3.8) is 0 Å². The first-order chi connectivity index (χ1) is 16.8. The summed E-state index contributed by atoms with van der Waals surface area (Å²) in [6.07, 6.45) is 2.10. The van der Waals surface area contributed by atoms with Crippen LogP contribution in [0.3, 0.4) is 0 Å². The highest BCUT2D eigenvalue weighted by Gasteiger charge is 2.16. The summed E-state index contributed by atoms with van der Waals surface area (Å²) >= 11 is 0. The first-order valence-corrected chi connectivity index (χ1v) is 11.0. The molecule has 4 aromatic carbocycles. The second-order valence-electron chi connectivity index (χ2n) is 8.15. The smallest absolute Gasteiger partial charge is 0.227 e. The van der Waals surface area contributed by atoms with Crippen LogP contribution in [0, 0.1) is 0 Å². The number of para-hydroxylation sites is 4. The molecule has 0 atom stereocenters. The maximum Gasteiger partial charge on any atom is 0.227 e. The third kappa shape index (κ3) is 3.14. The summed E-state index contributed by atoms with van der Waals surface area (Å²) < 4.78 is 11.7. The zero-order valence-electron chi connectivity index (χ0n) is 18.0. The third-order valence-electron chi connectivity index (χ3n) is 5.96. The van der Waals surface area contributed by atoms with Gasteiger partial charge in [0, 0.05) is 22.3 Å². The van der Waals surface area contributed by atoms with Gasteiger partial charge in [0.1, 0.15) is 11.0 Å². The highest BCUT2D eigenvalue weighted by atomic mass is 16.4. The molecule has 0 aliphatic carbocycles. The number of oxazole rings is 2. The van der Waals surface area contributed by atoms with E-state index in [-0.39, 0.29) is 0 Å². The summed E-state index contributed by atoms with van der Waals surface area (Å²) in [5, 5.41) is 0. The standard InChI is InChI=1S/C29H17N3O2/c1-3-7-26-22(5-1)31-28(33-26)20-13-9-18(10-14-20)24-17-25(30-24)19-11-15-21(16-12-19)29-32-23-6-2-4-8-27(23)34-29/h1-17H. The van der Waals surface area contributed by atoms with E-state index in [1.54, 1.807) is 0 Å². The predicted molar refractivity (Wildman–Crippen MR) is 133 cm³/mol. The minimum Gasteiger partial charge on any atom is -0.436 e. The van der Waals surface area contributed by atoms with Crippen molar-refractivity contribution in [3.05, 3.63) is 114 Å². The highest BCUT2D eigenvalue weighted by Crippen LogP contribution is 2.30. The Morgan fingerprint density at radius 1 is 0.471 bits per heavy atom. The predicted octanol–water partition coefficient (Wildman–Crippen LogP) is 7.15. The van der Waals surface area contributed by atoms with Gasteiger partial charge in [0.15, 0.2) is 11.2 Å². The summed E-state index contributed by atoms with van der Waals surface area (Å²) in [7, 11) is 0. The number of allylic oxidation sites excluding steroid dienone is 1. The second-order valence-corrected chi connectivity index (χ2v) is 8.15. The molecule has 7 rings (SSSR count). The van der Waals surface area contributed by atoms with Crippen LogP contribution in [0.2, 0.25) is 0 Å². The molecular formula is C29H17N3O2. The molecule has 0 radical (unpaired) electrons. The van der Waals surface area contributed by atoms with Crippen molar-refractivity contribution in [1.29, 1.82) is 0 Å². The zero-order valence-corrected chi connectivity index (χ0v) is 18.0. The zero-order chi connectivity index (χ0) is 22.5. The molecule has 2 aromatic heterocycles. The summed E-state index contributed by atoms with van der Waals surface area (Å²) in [6.45, 7) is 0. The minimum atomic E-state index is 0.624. The van der Waals surface area contributed by atoms with E-state index in [4.69, 9.17) is 13.8 Å². The fourth-order valence-corrected chi connectivity index (χ4v) is 4.11. The Balaban J connectivity index is 1.08. The molecule has 0 spiro atoms. The summed E-state index contributed by atoms with van der Waals surface area (Å²) in [5.74, 6) is 1.25. The normalized spacial score (nSPS) is 13.1. The fraction of sp³-hybridized carbons (Fsp3) is 0. The van der Waals surface area contributed by atoms with E-state index in [1.165, 1.54) is 0 Å². The van der Waals surface area contributed by atoms with E-state index in [1.807, 2.05) is 97.1 Å². The number of aromatic nitrogens is 2. The van der Waals surface area contributed by atoms with Crippen LogP contribution in [0.5, 0.6) is 0 Å². The van der Waals surface area contributed by atoms with Crippen molar-refractivity contribution in [2.24, 2.45) is 4.99 Å². The molecular weight excluding hydrogens is 422 g/mol. The Bertz CT molecular complexity index is 1530. The van der Waals surface area contributed by atoms with E-state index >= 15 is 0 Å². The Hall–Kier alpha value is -4.77. The van der Waals surface area contributed by atoms with Gasteiger partial charge < -0.3 is 8.83 Å². The van der Waals surface area contributed by atoms with E-state index in [0.29, 0.717) is 11.8 Å². The van der Waals surface area contributed by atoms with Crippen LogP contribution in [0.4, 0.5) is 0 Å². The van der Waals surface area contributed by atoms with Crippen molar-refractivity contribution < 1.29 is 8.83 Å². The summed E-state index contributed by atoms with van der Waals surface area (Å²) in [6, 6.07) is 31.8. The van der Waals surface area contributed by atoms with Crippen molar-refractivity contribution >= 4 is 33.6 Å². The molecule has 0 saturated carbocycles. The quantitative estimate of drug-likeness (QED) is 0.293. The van der Waals surface area contributed by atoms with Crippen LogP contribution < -0.4 is 0 Å². The van der Waals surface area contributed by atoms with Crippen LogP contribution in [0.25, 0.3) is 50.8 Å². The first-order valence-electron chi connectivity index (χ1n) is 11.0. The maximum absolute atomic E-state index is 5.86. The number of hydrogen-bond donors (Lipinski definition) is 0. The van der Waals surface area contributed by atoms with Gasteiger partial charge in [-0.1, -0.05) is 48.5 Å². The fourth-order valence-electron chi connectivity index (χ4n) is 4.11. The van der Waals surface area contributed by atoms with Crippen LogP contribution in [0.1, 0.15) is 11.1 Å². The molecule has 0 fully saturated rings. The van der Waals surface area contributed by atoms with Gasteiger partial charge in [-0.05, 0) is 54.6 Å². The van der Waals surface area contributed by atoms with Gasteiger partial charge in [0.05, 0.1) is 11.4 Å². The molecule has 0 bridgehead atoms. The van der Waals surface area contributed by atoms with Gasteiger partial charge in [-0.15, -0.1) is 0 Å². The van der Waals surface area contributed by atoms with Gasteiger partial charge in [0.25, 0.3) is 0 Å². The molecule has 0 unspecified atom stereocenters. The van der Waals surface area contributed by atoms with Gasteiger partial charge in [-0.25, -0.2) is 15.0 Å². The number of fused-ring (bicyclic) bond motifs is 2. The molecule has 1 aliphatic rings. The largest absolute Gasteiger partial charge is 0.436 e. The molecule has 0 N–H and O–H groups in total. The average molecular weight is 439 g/mol. The Labute approximate surface area is 194 Å². The van der Waals surface area contributed by atoms with Gasteiger partial charge in [0.2, 0.25) is 11.8 Å². The number of nitrogens with zero attached hydrogens (tertiary/aromatic N) is 3. The van der Waals surface area contributed by atoms with E-state index in [2.05, 4.69) is 16.0 Å². The average Bonchev–Trinajstić information content (AvgIpc) is 3.48. The van der Waals surface area contributed by atoms with Crippen molar-refractivity contribution in [3.8, 4) is 22.9 Å². The minimum absolute atomic E-state index is 0.624. The molecule has 5 nitrogen and oxygen atoms in total. The number of benzene rings is 4. The lowest BCUT2D eigenvalue weighted by Gasteiger charge is -2.15. The van der Waals surface area contributed by atoms with E-state index in [0.717, 1.165) is 55.9 Å². The Kier molecular flexibility index (Phi) is 4.08. The highest BCUT2D eigenvalue weighted by molar-refractivity contribution is 6.19. The summed E-state index contributed by atoms with van der Waals surface area (Å²) in [4.78, 5) is 13.9. The summed E-state index contributed by atoms with van der Waals surface area (Å²) in [5.41, 5.74) is 9.24. The third-order valence-corrected chi connectivity index (χ3v) is 5.96. The van der Waals surface area contributed by atoms with E-state index < -0.39 is 0 Å². The van der Waals surface area contributed by atoms with Crippen LogP contribution in [0.15, 0.2) is 117 Å². The topological polar surface area (TPSA) is 64.4 Å². The van der Waals surface area contributed by atoms with Crippen molar-refractivity contribution in [2.75, 3.05) is 0 Å². The molecule has 0 amide bonds. The Morgan fingerprint density at radius 2 is 0.912 bits per heavy atom.